The Bertz CT molecular complexity index is 519. The number of hydrogen-bond donors (Lipinski definition) is 0. The van der Waals surface area contributed by atoms with Gasteiger partial charge in [0, 0.05) is 26.2 Å². The number of halogens is 2. The Morgan fingerprint density at radius 2 is 1.42 bits per heavy atom. The Kier molecular flexibility index (Phi) is 7.42. The van der Waals surface area contributed by atoms with Gasteiger partial charge in [0.1, 0.15) is 0 Å². The van der Waals surface area contributed by atoms with Crippen molar-refractivity contribution in [2.24, 2.45) is 0 Å². The van der Waals surface area contributed by atoms with Crippen LogP contribution in [0.1, 0.15) is 47.1 Å². The molecule has 24 heavy (non-hydrogen) atoms. The molecule has 0 saturated carbocycles. The molecule has 0 radical (unpaired) electrons. The van der Waals surface area contributed by atoms with E-state index in [9.17, 15) is 0 Å². The number of fused-ring (bicyclic) bond motifs is 2. The van der Waals surface area contributed by atoms with Crippen molar-refractivity contribution in [2.45, 2.75) is 51.4 Å². The van der Waals surface area contributed by atoms with Gasteiger partial charge < -0.3 is 9.80 Å². The quantitative estimate of drug-likeness (QED) is 0.797. The Morgan fingerprint density at radius 3 is 2.00 bits per heavy atom. The number of nitrogens with zero attached hydrogens (tertiary/aromatic N) is 2. The maximum Gasteiger partial charge on any atom is 0.0110 e. The largest absolute Gasteiger partial charge is 0.304 e. The topological polar surface area (TPSA) is 6.48 Å². The van der Waals surface area contributed by atoms with Crippen LogP contribution in [-0.4, -0.2) is 49.6 Å². The SMILES string of the molecule is CN1CCN(CCCc2c3c(cc4c2CCC4)CCC3)CC1.Cl.Cl. The Morgan fingerprint density at radius 1 is 0.833 bits per heavy atom. The van der Waals surface area contributed by atoms with E-state index >= 15 is 0 Å². The number of likely N-dealkylation sites (N-methyl/N-ethyl adjacent to an activating group) is 1. The monoisotopic (exact) mass is 370 g/mol. The summed E-state index contributed by atoms with van der Waals surface area (Å²) in [6.07, 6.45) is 10.9. The fraction of sp³-hybridized carbons (Fsp3) is 0.700. The molecule has 0 bridgehead atoms. The number of aryl methyl sites for hydroxylation is 2. The second kappa shape index (κ2) is 8.89. The lowest BCUT2D eigenvalue weighted by atomic mass is 9.91. The summed E-state index contributed by atoms with van der Waals surface area (Å²) < 4.78 is 0. The van der Waals surface area contributed by atoms with Crippen molar-refractivity contribution in [1.82, 2.24) is 9.80 Å². The molecule has 0 N–H and O–H groups in total. The van der Waals surface area contributed by atoms with Crippen molar-refractivity contribution in [2.75, 3.05) is 39.8 Å². The Hall–Kier alpha value is -0.280. The van der Waals surface area contributed by atoms with E-state index in [1.165, 1.54) is 84.1 Å². The molecule has 1 aromatic carbocycles. The molecule has 0 unspecified atom stereocenters. The lowest BCUT2D eigenvalue weighted by Gasteiger charge is -2.32. The third-order valence-corrected chi connectivity index (χ3v) is 6.10. The lowest BCUT2D eigenvalue weighted by molar-refractivity contribution is 0.153. The van der Waals surface area contributed by atoms with E-state index in [2.05, 4.69) is 22.9 Å². The van der Waals surface area contributed by atoms with E-state index in [0.717, 1.165) is 0 Å². The van der Waals surface area contributed by atoms with E-state index in [0.29, 0.717) is 0 Å². The van der Waals surface area contributed by atoms with Crippen LogP contribution in [-0.2, 0) is 32.1 Å². The van der Waals surface area contributed by atoms with Crippen LogP contribution >= 0.6 is 24.8 Å². The molecule has 136 valence electrons. The first-order valence-corrected chi connectivity index (χ1v) is 9.37. The van der Waals surface area contributed by atoms with Crippen molar-refractivity contribution in [1.29, 1.82) is 0 Å². The first-order chi connectivity index (χ1) is 10.8. The average Bonchev–Trinajstić information content (AvgIpc) is 3.17. The van der Waals surface area contributed by atoms with Gasteiger partial charge in [-0.05, 0) is 92.8 Å². The van der Waals surface area contributed by atoms with Crippen LogP contribution in [0, 0.1) is 0 Å². The van der Waals surface area contributed by atoms with Crippen molar-refractivity contribution < 1.29 is 0 Å². The summed E-state index contributed by atoms with van der Waals surface area (Å²) >= 11 is 0. The van der Waals surface area contributed by atoms with E-state index in [-0.39, 0.29) is 24.8 Å². The van der Waals surface area contributed by atoms with Crippen molar-refractivity contribution in [3.8, 4) is 0 Å². The molecule has 2 nitrogen and oxygen atoms in total. The Labute approximate surface area is 159 Å². The molecule has 2 aliphatic carbocycles. The van der Waals surface area contributed by atoms with Crippen LogP contribution in [0.15, 0.2) is 6.07 Å². The van der Waals surface area contributed by atoms with Gasteiger partial charge in [-0.25, -0.2) is 0 Å². The van der Waals surface area contributed by atoms with Crippen LogP contribution in [0.25, 0.3) is 0 Å². The van der Waals surface area contributed by atoms with Crippen molar-refractivity contribution in [3.05, 3.63) is 33.9 Å². The summed E-state index contributed by atoms with van der Waals surface area (Å²) in [6.45, 7) is 6.32. The number of piperazine rings is 1. The zero-order chi connectivity index (χ0) is 14.9. The van der Waals surface area contributed by atoms with Gasteiger partial charge in [0.25, 0.3) is 0 Å². The van der Waals surface area contributed by atoms with Gasteiger partial charge in [-0.15, -0.1) is 24.8 Å². The fourth-order valence-electron chi connectivity index (χ4n) is 4.79. The first kappa shape index (κ1) is 20.0. The highest BCUT2D eigenvalue weighted by atomic mass is 35.5. The first-order valence-electron chi connectivity index (χ1n) is 9.37. The second-order valence-corrected chi connectivity index (χ2v) is 7.59. The summed E-state index contributed by atoms with van der Waals surface area (Å²) in [6, 6.07) is 2.56. The zero-order valence-electron chi connectivity index (χ0n) is 15.0. The van der Waals surface area contributed by atoms with E-state index < -0.39 is 0 Å². The lowest BCUT2D eigenvalue weighted by Crippen LogP contribution is -2.44. The minimum Gasteiger partial charge on any atom is -0.304 e. The van der Waals surface area contributed by atoms with Gasteiger partial charge >= 0.3 is 0 Å². The summed E-state index contributed by atoms with van der Waals surface area (Å²) in [5, 5.41) is 0. The van der Waals surface area contributed by atoms with Crippen LogP contribution in [0.5, 0.6) is 0 Å². The fourth-order valence-corrected chi connectivity index (χ4v) is 4.79. The third kappa shape index (κ3) is 4.09. The van der Waals surface area contributed by atoms with Crippen molar-refractivity contribution in [3.63, 3.8) is 0 Å². The van der Waals surface area contributed by atoms with Gasteiger partial charge in [-0.2, -0.15) is 0 Å². The van der Waals surface area contributed by atoms with Gasteiger partial charge in [0.15, 0.2) is 0 Å². The molecule has 4 heteroatoms. The van der Waals surface area contributed by atoms with Crippen LogP contribution < -0.4 is 0 Å². The maximum atomic E-state index is 2.67. The molecule has 1 saturated heterocycles. The molecule has 1 aliphatic heterocycles. The van der Waals surface area contributed by atoms with E-state index in [1.807, 2.05) is 0 Å². The third-order valence-electron chi connectivity index (χ3n) is 6.10. The van der Waals surface area contributed by atoms with E-state index in [4.69, 9.17) is 0 Å². The maximum absolute atomic E-state index is 2.67. The number of rotatable bonds is 4. The normalized spacial score (nSPS) is 20.2. The predicted octanol–water partition coefficient (Wildman–Crippen LogP) is 3.69. The van der Waals surface area contributed by atoms with Crippen LogP contribution in [0.4, 0.5) is 0 Å². The average molecular weight is 371 g/mol. The molecule has 0 spiro atoms. The molecule has 4 rings (SSSR count). The Balaban J connectivity index is 0.00000104. The molecule has 0 aromatic heterocycles. The highest BCUT2D eigenvalue weighted by Crippen LogP contribution is 2.35. The minimum absolute atomic E-state index is 0. The van der Waals surface area contributed by atoms with Crippen LogP contribution in [0.2, 0.25) is 0 Å². The molecule has 0 atom stereocenters. The molecular weight excluding hydrogens is 339 g/mol. The van der Waals surface area contributed by atoms with Crippen LogP contribution in [0.3, 0.4) is 0 Å². The van der Waals surface area contributed by atoms with Gasteiger partial charge in [0.2, 0.25) is 0 Å². The van der Waals surface area contributed by atoms with E-state index in [1.54, 1.807) is 27.8 Å². The summed E-state index contributed by atoms with van der Waals surface area (Å²) in [7, 11) is 2.24. The highest BCUT2D eigenvalue weighted by Gasteiger charge is 2.23. The highest BCUT2D eigenvalue weighted by molar-refractivity contribution is 5.85. The second-order valence-electron chi connectivity index (χ2n) is 7.59. The van der Waals surface area contributed by atoms with Gasteiger partial charge in [-0.3, -0.25) is 0 Å². The zero-order valence-corrected chi connectivity index (χ0v) is 16.6. The number of benzene rings is 1. The standard InChI is InChI=1S/C20H30N2.2ClH/c1-21-11-13-22(14-12-21)10-4-9-20-18-7-2-5-16(18)15-17-6-3-8-19(17)20;;/h15H,2-14H2,1H3;2*1H. The van der Waals surface area contributed by atoms with Gasteiger partial charge in [0.05, 0.1) is 0 Å². The summed E-state index contributed by atoms with van der Waals surface area (Å²) in [5.41, 5.74) is 8.72. The predicted molar refractivity (Wildman–Crippen MR) is 107 cm³/mol. The number of hydrogen-bond acceptors (Lipinski definition) is 2. The molecular formula is C20H32Cl2N2. The molecule has 1 aromatic rings. The van der Waals surface area contributed by atoms with Crippen molar-refractivity contribution >= 4 is 24.8 Å². The molecule has 1 fully saturated rings. The summed E-state index contributed by atoms with van der Waals surface area (Å²) in [5.74, 6) is 0. The molecule has 1 heterocycles. The van der Waals surface area contributed by atoms with Gasteiger partial charge in [-0.1, -0.05) is 6.07 Å². The summed E-state index contributed by atoms with van der Waals surface area (Å²) in [4.78, 5) is 5.12. The molecule has 0 amide bonds. The molecule has 3 aliphatic rings. The minimum atomic E-state index is 0. The smallest absolute Gasteiger partial charge is 0.0110 e.